The largest absolute Gasteiger partial charge is 0.501 e. The molecule has 0 N–H and O–H groups in total. The Labute approximate surface area is 88.5 Å². The maximum absolute atomic E-state index is 5.52. The van der Waals surface area contributed by atoms with Gasteiger partial charge in [0.2, 0.25) is 0 Å². The highest BCUT2D eigenvalue weighted by Crippen LogP contribution is 2.50. The molecule has 14 heavy (non-hydrogen) atoms. The Hall–Kier alpha value is -0.460. The van der Waals surface area contributed by atoms with Crippen LogP contribution in [-0.2, 0) is 4.74 Å². The van der Waals surface area contributed by atoms with Crippen molar-refractivity contribution in [1.29, 1.82) is 0 Å². The minimum Gasteiger partial charge on any atom is -0.501 e. The first-order valence-corrected chi connectivity index (χ1v) is 5.59. The van der Waals surface area contributed by atoms with E-state index in [-0.39, 0.29) is 0 Å². The van der Waals surface area contributed by atoms with E-state index in [9.17, 15) is 0 Å². The summed E-state index contributed by atoms with van der Waals surface area (Å²) in [6.07, 6.45) is 3.56. The zero-order valence-electron chi connectivity index (χ0n) is 10.5. The van der Waals surface area contributed by atoms with Gasteiger partial charge in [0.15, 0.2) is 0 Å². The van der Waals surface area contributed by atoms with E-state index < -0.39 is 0 Å². The van der Waals surface area contributed by atoms with E-state index in [2.05, 4.69) is 34.6 Å². The molecule has 1 aliphatic rings. The monoisotopic (exact) mass is 196 g/mol. The van der Waals surface area contributed by atoms with Crippen LogP contribution in [-0.4, -0.2) is 7.11 Å². The van der Waals surface area contributed by atoms with Crippen molar-refractivity contribution in [2.75, 3.05) is 7.11 Å². The summed E-state index contributed by atoms with van der Waals surface area (Å²) in [6, 6.07) is 0. The predicted octanol–water partition coefficient (Wildman–Crippen LogP) is 4.14. The average Bonchev–Trinajstić information content (AvgIpc) is 2.10. The molecule has 1 aliphatic carbocycles. The standard InChI is InChI=1S/C13H24O/c1-7-13(5)9-12(3,4)8-11(14-6)10(13)2/h7-9H2,1-6H3. The zero-order valence-corrected chi connectivity index (χ0v) is 10.5. The minimum absolute atomic E-state index is 0.340. The van der Waals surface area contributed by atoms with Gasteiger partial charge >= 0.3 is 0 Å². The summed E-state index contributed by atoms with van der Waals surface area (Å²) >= 11 is 0. The summed E-state index contributed by atoms with van der Waals surface area (Å²) in [6.45, 7) is 11.6. The molecule has 0 amide bonds. The molecule has 0 aromatic carbocycles. The lowest BCUT2D eigenvalue weighted by molar-refractivity contribution is 0.126. The molecule has 0 aromatic heterocycles. The third-order valence-electron chi connectivity index (χ3n) is 3.86. The second-order valence-corrected chi connectivity index (χ2v) is 5.68. The third kappa shape index (κ3) is 1.97. The normalized spacial score (nSPS) is 31.9. The van der Waals surface area contributed by atoms with Gasteiger partial charge in [0.1, 0.15) is 0 Å². The molecule has 1 heteroatoms. The number of hydrogen-bond donors (Lipinski definition) is 0. The Kier molecular flexibility index (Phi) is 2.99. The number of hydrogen-bond acceptors (Lipinski definition) is 1. The van der Waals surface area contributed by atoms with Crippen molar-refractivity contribution in [1.82, 2.24) is 0 Å². The first-order valence-electron chi connectivity index (χ1n) is 5.59. The quantitative estimate of drug-likeness (QED) is 0.645. The summed E-state index contributed by atoms with van der Waals surface area (Å²) in [5.74, 6) is 1.21. The van der Waals surface area contributed by atoms with E-state index in [1.54, 1.807) is 7.11 Å². The van der Waals surface area contributed by atoms with Gasteiger partial charge in [-0.2, -0.15) is 0 Å². The van der Waals surface area contributed by atoms with Crippen LogP contribution in [0.2, 0.25) is 0 Å². The van der Waals surface area contributed by atoms with Crippen molar-refractivity contribution < 1.29 is 4.74 Å². The molecule has 82 valence electrons. The van der Waals surface area contributed by atoms with Crippen molar-refractivity contribution >= 4 is 0 Å². The van der Waals surface area contributed by atoms with Gasteiger partial charge in [-0.1, -0.05) is 27.7 Å². The van der Waals surface area contributed by atoms with Crippen LogP contribution >= 0.6 is 0 Å². The molecule has 0 saturated carbocycles. The fourth-order valence-corrected chi connectivity index (χ4v) is 2.77. The van der Waals surface area contributed by atoms with E-state index in [1.165, 1.54) is 24.2 Å². The third-order valence-corrected chi connectivity index (χ3v) is 3.86. The van der Waals surface area contributed by atoms with Crippen LogP contribution in [0.15, 0.2) is 11.3 Å². The maximum atomic E-state index is 5.52. The second kappa shape index (κ2) is 3.60. The SMILES string of the molecule is CCC1(C)CC(C)(C)CC(OC)=C1C. The Morgan fingerprint density at radius 3 is 2.29 bits per heavy atom. The van der Waals surface area contributed by atoms with Crippen LogP contribution in [0.4, 0.5) is 0 Å². The number of rotatable bonds is 2. The van der Waals surface area contributed by atoms with E-state index >= 15 is 0 Å². The lowest BCUT2D eigenvalue weighted by Crippen LogP contribution is -2.32. The number of allylic oxidation sites excluding steroid dienone is 2. The molecule has 1 unspecified atom stereocenters. The molecule has 0 aromatic rings. The zero-order chi connectivity index (χ0) is 11.0. The molecule has 0 radical (unpaired) electrons. The van der Waals surface area contributed by atoms with Crippen LogP contribution in [0.3, 0.4) is 0 Å². The lowest BCUT2D eigenvalue weighted by Gasteiger charge is -2.43. The van der Waals surface area contributed by atoms with E-state index in [0.717, 1.165) is 6.42 Å². The summed E-state index contributed by atoms with van der Waals surface area (Å²) in [5.41, 5.74) is 2.18. The van der Waals surface area contributed by atoms with Crippen LogP contribution in [0.1, 0.15) is 53.9 Å². The van der Waals surface area contributed by atoms with Crippen LogP contribution in [0, 0.1) is 10.8 Å². The van der Waals surface area contributed by atoms with Crippen molar-refractivity contribution in [2.45, 2.75) is 53.9 Å². The van der Waals surface area contributed by atoms with Gasteiger partial charge in [0.05, 0.1) is 12.9 Å². The fourth-order valence-electron chi connectivity index (χ4n) is 2.77. The van der Waals surface area contributed by atoms with Gasteiger partial charge in [0, 0.05) is 6.42 Å². The van der Waals surface area contributed by atoms with Crippen molar-refractivity contribution in [2.24, 2.45) is 10.8 Å². The topological polar surface area (TPSA) is 9.23 Å². The smallest absolute Gasteiger partial charge is 0.0955 e. The molecular formula is C13H24O. The van der Waals surface area contributed by atoms with E-state index in [4.69, 9.17) is 4.74 Å². The van der Waals surface area contributed by atoms with E-state index in [1.807, 2.05) is 0 Å². The summed E-state index contributed by atoms with van der Waals surface area (Å²) < 4.78 is 5.52. The van der Waals surface area contributed by atoms with Gasteiger partial charge in [-0.3, -0.25) is 0 Å². The molecule has 0 heterocycles. The summed E-state index contributed by atoms with van der Waals surface area (Å²) in [7, 11) is 1.80. The number of methoxy groups -OCH3 is 1. The van der Waals surface area contributed by atoms with Crippen molar-refractivity contribution in [3.8, 4) is 0 Å². The second-order valence-electron chi connectivity index (χ2n) is 5.68. The van der Waals surface area contributed by atoms with Crippen LogP contribution in [0.25, 0.3) is 0 Å². The Balaban J connectivity index is 3.09. The minimum atomic E-state index is 0.340. The van der Waals surface area contributed by atoms with Gasteiger partial charge in [-0.05, 0) is 36.2 Å². The van der Waals surface area contributed by atoms with Gasteiger partial charge in [-0.15, -0.1) is 0 Å². The lowest BCUT2D eigenvalue weighted by atomic mass is 9.63. The molecule has 1 nitrogen and oxygen atoms in total. The average molecular weight is 196 g/mol. The molecule has 0 saturated heterocycles. The van der Waals surface area contributed by atoms with Crippen LogP contribution < -0.4 is 0 Å². The fraction of sp³-hybridized carbons (Fsp3) is 0.846. The van der Waals surface area contributed by atoms with Gasteiger partial charge < -0.3 is 4.74 Å². The molecular weight excluding hydrogens is 172 g/mol. The van der Waals surface area contributed by atoms with Gasteiger partial charge in [0.25, 0.3) is 0 Å². The molecule has 0 bridgehead atoms. The molecule has 0 aliphatic heterocycles. The Morgan fingerprint density at radius 1 is 1.29 bits per heavy atom. The molecule has 1 atom stereocenters. The molecule has 1 rings (SSSR count). The first-order chi connectivity index (χ1) is 6.34. The highest BCUT2D eigenvalue weighted by molar-refractivity contribution is 5.21. The van der Waals surface area contributed by atoms with Crippen molar-refractivity contribution in [3.63, 3.8) is 0 Å². The first kappa shape index (κ1) is 11.6. The maximum Gasteiger partial charge on any atom is 0.0955 e. The molecule has 0 spiro atoms. The predicted molar refractivity (Wildman–Crippen MR) is 61.1 cm³/mol. The van der Waals surface area contributed by atoms with Gasteiger partial charge in [-0.25, -0.2) is 0 Å². The highest BCUT2D eigenvalue weighted by Gasteiger charge is 2.39. The van der Waals surface area contributed by atoms with E-state index in [0.29, 0.717) is 10.8 Å². The highest BCUT2D eigenvalue weighted by atomic mass is 16.5. The van der Waals surface area contributed by atoms with Crippen molar-refractivity contribution in [3.05, 3.63) is 11.3 Å². The Morgan fingerprint density at radius 2 is 1.86 bits per heavy atom. The summed E-state index contributed by atoms with van der Waals surface area (Å²) in [4.78, 5) is 0. The van der Waals surface area contributed by atoms with Crippen LogP contribution in [0.5, 0.6) is 0 Å². The summed E-state index contributed by atoms with van der Waals surface area (Å²) in [5, 5.41) is 0. The molecule has 0 fully saturated rings. The number of ether oxygens (including phenoxy) is 1. The Bertz CT molecular complexity index is 250.